The van der Waals surface area contributed by atoms with Crippen LogP contribution in [0.1, 0.15) is 31.2 Å². The SMILES string of the molecule is CCc1nn(C)c(CN2CCC(CC(=O)O)C2)c1Cl. The van der Waals surface area contributed by atoms with Gasteiger partial charge >= 0.3 is 5.97 Å². The number of aromatic nitrogens is 2. The molecule has 1 aliphatic rings. The fourth-order valence-corrected chi connectivity index (χ4v) is 3.03. The van der Waals surface area contributed by atoms with Gasteiger partial charge in [-0.25, -0.2) is 0 Å². The predicted molar refractivity (Wildman–Crippen MR) is 73.2 cm³/mol. The molecule has 19 heavy (non-hydrogen) atoms. The highest BCUT2D eigenvalue weighted by Gasteiger charge is 2.26. The van der Waals surface area contributed by atoms with Gasteiger partial charge in [0.05, 0.1) is 16.4 Å². The van der Waals surface area contributed by atoms with Gasteiger partial charge in [-0.2, -0.15) is 5.10 Å². The molecular weight excluding hydrogens is 266 g/mol. The molecule has 1 atom stereocenters. The zero-order valence-corrected chi connectivity index (χ0v) is 12.2. The van der Waals surface area contributed by atoms with Crippen molar-refractivity contribution in [3.8, 4) is 0 Å². The Morgan fingerprint density at radius 3 is 2.89 bits per heavy atom. The van der Waals surface area contributed by atoms with Crippen LogP contribution in [0.3, 0.4) is 0 Å². The number of hydrogen-bond acceptors (Lipinski definition) is 3. The van der Waals surface area contributed by atoms with Crippen molar-refractivity contribution in [3.05, 3.63) is 16.4 Å². The van der Waals surface area contributed by atoms with Crippen LogP contribution in [0.5, 0.6) is 0 Å². The number of hydrogen-bond donors (Lipinski definition) is 1. The van der Waals surface area contributed by atoms with E-state index < -0.39 is 5.97 Å². The van der Waals surface area contributed by atoms with Crippen LogP contribution in [0.15, 0.2) is 0 Å². The number of carbonyl (C=O) groups is 1. The largest absolute Gasteiger partial charge is 0.481 e. The van der Waals surface area contributed by atoms with Crippen molar-refractivity contribution in [2.75, 3.05) is 13.1 Å². The summed E-state index contributed by atoms with van der Waals surface area (Å²) in [5, 5.41) is 14.0. The number of aryl methyl sites for hydroxylation is 2. The third-order valence-corrected chi connectivity index (χ3v) is 4.15. The Morgan fingerprint density at radius 2 is 2.32 bits per heavy atom. The molecule has 1 fully saturated rings. The second-order valence-electron chi connectivity index (χ2n) is 5.17. The Hall–Kier alpha value is -1.07. The number of nitrogens with zero attached hydrogens (tertiary/aromatic N) is 3. The first kappa shape index (κ1) is 14.3. The van der Waals surface area contributed by atoms with E-state index in [9.17, 15) is 4.79 Å². The Kier molecular flexibility index (Phi) is 4.47. The van der Waals surface area contributed by atoms with Crippen LogP contribution in [-0.2, 0) is 24.8 Å². The lowest BCUT2D eigenvalue weighted by molar-refractivity contribution is -0.138. The van der Waals surface area contributed by atoms with Crippen LogP contribution in [0.4, 0.5) is 0 Å². The summed E-state index contributed by atoms with van der Waals surface area (Å²) in [6.07, 6.45) is 2.03. The molecule has 5 nitrogen and oxygen atoms in total. The first-order chi connectivity index (χ1) is 9.01. The van der Waals surface area contributed by atoms with Gasteiger partial charge in [0, 0.05) is 26.6 Å². The number of likely N-dealkylation sites (tertiary alicyclic amines) is 1. The van der Waals surface area contributed by atoms with E-state index in [1.807, 2.05) is 18.7 Å². The standard InChI is InChI=1S/C13H20ClN3O2/c1-3-10-13(14)11(16(2)15-10)8-17-5-4-9(7-17)6-12(18)19/h9H,3-8H2,1-2H3,(H,18,19). The highest BCUT2D eigenvalue weighted by Crippen LogP contribution is 2.26. The van der Waals surface area contributed by atoms with Gasteiger partial charge in [-0.1, -0.05) is 18.5 Å². The fourth-order valence-electron chi connectivity index (χ4n) is 2.67. The molecule has 0 spiro atoms. The van der Waals surface area contributed by atoms with Crippen LogP contribution in [0.25, 0.3) is 0 Å². The van der Waals surface area contributed by atoms with Gasteiger partial charge in [0.2, 0.25) is 0 Å². The Labute approximate surface area is 118 Å². The van der Waals surface area contributed by atoms with E-state index in [1.165, 1.54) is 0 Å². The molecule has 1 saturated heterocycles. The second-order valence-corrected chi connectivity index (χ2v) is 5.55. The molecule has 0 aliphatic carbocycles. The average molecular weight is 286 g/mol. The summed E-state index contributed by atoms with van der Waals surface area (Å²) in [7, 11) is 1.91. The Bertz CT molecular complexity index is 473. The summed E-state index contributed by atoms with van der Waals surface area (Å²) < 4.78 is 1.84. The first-order valence-corrected chi connectivity index (χ1v) is 7.03. The topological polar surface area (TPSA) is 58.4 Å². The van der Waals surface area contributed by atoms with E-state index in [0.29, 0.717) is 0 Å². The predicted octanol–water partition coefficient (Wildman–Crippen LogP) is 1.93. The average Bonchev–Trinajstić information content (AvgIpc) is 2.88. The van der Waals surface area contributed by atoms with E-state index >= 15 is 0 Å². The quantitative estimate of drug-likeness (QED) is 0.898. The van der Waals surface area contributed by atoms with E-state index in [4.69, 9.17) is 16.7 Å². The maximum Gasteiger partial charge on any atom is 0.303 e. The summed E-state index contributed by atoms with van der Waals surface area (Å²) >= 11 is 6.32. The molecule has 0 radical (unpaired) electrons. The first-order valence-electron chi connectivity index (χ1n) is 6.65. The maximum absolute atomic E-state index is 10.7. The zero-order valence-electron chi connectivity index (χ0n) is 11.4. The zero-order chi connectivity index (χ0) is 14.0. The molecule has 0 amide bonds. The number of aliphatic carboxylic acids is 1. The van der Waals surface area contributed by atoms with Crippen LogP contribution in [-0.4, -0.2) is 38.8 Å². The van der Waals surface area contributed by atoms with E-state index in [2.05, 4.69) is 10.00 Å². The van der Waals surface area contributed by atoms with Crippen molar-refractivity contribution in [3.63, 3.8) is 0 Å². The van der Waals surface area contributed by atoms with Crippen molar-refractivity contribution in [2.45, 2.75) is 32.7 Å². The lowest BCUT2D eigenvalue weighted by Crippen LogP contribution is -2.22. The maximum atomic E-state index is 10.7. The normalized spacial score (nSPS) is 20.1. The van der Waals surface area contributed by atoms with Gasteiger partial charge in [-0.3, -0.25) is 14.4 Å². The second kappa shape index (κ2) is 5.92. The molecule has 0 bridgehead atoms. The minimum atomic E-state index is -0.710. The Balaban J connectivity index is 1.99. The van der Waals surface area contributed by atoms with E-state index in [0.717, 1.165) is 48.9 Å². The molecule has 106 valence electrons. The van der Waals surface area contributed by atoms with Crippen molar-refractivity contribution in [2.24, 2.45) is 13.0 Å². The third-order valence-electron chi connectivity index (χ3n) is 3.71. The highest BCUT2D eigenvalue weighted by molar-refractivity contribution is 6.31. The summed E-state index contributed by atoms with van der Waals surface area (Å²) in [6.45, 7) is 4.55. The van der Waals surface area contributed by atoms with Crippen LogP contribution < -0.4 is 0 Å². The van der Waals surface area contributed by atoms with Crippen molar-refractivity contribution in [1.82, 2.24) is 14.7 Å². The molecule has 1 aliphatic heterocycles. The van der Waals surface area contributed by atoms with Crippen LogP contribution in [0, 0.1) is 5.92 Å². The summed E-state index contributed by atoms with van der Waals surface area (Å²) in [5.41, 5.74) is 1.95. The summed E-state index contributed by atoms with van der Waals surface area (Å²) in [5.74, 6) is -0.450. The lowest BCUT2D eigenvalue weighted by Gasteiger charge is -2.16. The van der Waals surface area contributed by atoms with Crippen LogP contribution >= 0.6 is 11.6 Å². The number of halogens is 1. The molecule has 6 heteroatoms. The molecule has 0 aromatic carbocycles. The minimum absolute atomic E-state index is 0.259. The van der Waals surface area contributed by atoms with Gasteiger partial charge < -0.3 is 5.11 Å². The smallest absolute Gasteiger partial charge is 0.303 e. The fraction of sp³-hybridized carbons (Fsp3) is 0.692. The highest BCUT2D eigenvalue weighted by atomic mass is 35.5. The third kappa shape index (κ3) is 3.28. The van der Waals surface area contributed by atoms with Crippen molar-refractivity contribution in [1.29, 1.82) is 0 Å². The monoisotopic (exact) mass is 285 g/mol. The molecule has 2 rings (SSSR count). The molecule has 1 aromatic heterocycles. The molecule has 1 unspecified atom stereocenters. The molecule has 2 heterocycles. The summed E-state index contributed by atoms with van der Waals surface area (Å²) in [4.78, 5) is 13.0. The summed E-state index contributed by atoms with van der Waals surface area (Å²) in [6, 6.07) is 0. The van der Waals surface area contributed by atoms with Crippen LogP contribution in [0.2, 0.25) is 5.02 Å². The molecular formula is C13H20ClN3O2. The van der Waals surface area contributed by atoms with Crippen molar-refractivity contribution >= 4 is 17.6 Å². The minimum Gasteiger partial charge on any atom is -0.481 e. The van der Waals surface area contributed by atoms with Gasteiger partial charge in [-0.05, 0) is 25.3 Å². The number of carboxylic acid groups (broad SMARTS) is 1. The number of rotatable bonds is 5. The molecule has 0 saturated carbocycles. The Morgan fingerprint density at radius 1 is 1.58 bits per heavy atom. The lowest BCUT2D eigenvalue weighted by atomic mass is 10.1. The van der Waals surface area contributed by atoms with Crippen molar-refractivity contribution < 1.29 is 9.90 Å². The van der Waals surface area contributed by atoms with Gasteiger partial charge in [0.1, 0.15) is 0 Å². The van der Waals surface area contributed by atoms with Gasteiger partial charge in [0.15, 0.2) is 0 Å². The van der Waals surface area contributed by atoms with E-state index in [-0.39, 0.29) is 12.3 Å². The number of carboxylic acids is 1. The van der Waals surface area contributed by atoms with Gasteiger partial charge in [0.25, 0.3) is 0 Å². The van der Waals surface area contributed by atoms with Gasteiger partial charge in [-0.15, -0.1) is 0 Å². The van der Waals surface area contributed by atoms with E-state index in [1.54, 1.807) is 0 Å². The molecule has 1 N–H and O–H groups in total. The molecule has 1 aromatic rings.